The third-order valence-electron chi connectivity index (χ3n) is 5.63. The predicted molar refractivity (Wildman–Crippen MR) is 121 cm³/mol. The average molecular weight is 518 g/mol. The summed E-state index contributed by atoms with van der Waals surface area (Å²) in [6.07, 6.45) is -2.81. The molecule has 2 aromatic rings. The first kappa shape index (κ1) is 25.1. The van der Waals surface area contributed by atoms with Crippen LogP contribution >= 0.6 is 19.4 Å². The summed E-state index contributed by atoms with van der Waals surface area (Å²) in [5, 5.41) is 0. The number of halogens is 1. The summed E-state index contributed by atoms with van der Waals surface area (Å²) >= 11 is 5.81. The molecule has 2 unspecified atom stereocenters. The van der Waals surface area contributed by atoms with E-state index in [2.05, 4.69) is 9.51 Å². The molecule has 0 bridgehead atoms. The van der Waals surface area contributed by atoms with Crippen LogP contribution in [0, 0.1) is 0 Å². The largest absolute Gasteiger partial charge is 0.472 e. The molecule has 1 aromatic heterocycles. The van der Waals surface area contributed by atoms with Crippen molar-refractivity contribution in [2.45, 2.75) is 30.8 Å². The number of nitrogens with zero attached hydrogens (tertiary/aromatic N) is 2. The van der Waals surface area contributed by atoms with Crippen molar-refractivity contribution in [3.8, 4) is 0 Å². The van der Waals surface area contributed by atoms with Crippen molar-refractivity contribution >= 4 is 25.1 Å². The molecule has 3 heterocycles. The number of benzene rings is 1. The third kappa shape index (κ3) is 5.29. The van der Waals surface area contributed by atoms with Crippen LogP contribution < -0.4 is 16.1 Å². The molecule has 2 N–H and O–H groups in total. The monoisotopic (exact) mass is 517 g/mol. The smallest absolute Gasteiger partial charge is 0.373 e. The zero-order chi connectivity index (χ0) is 24.5. The van der Waals surface area contributed by atoms with Gasteiger partial charge in [-0.1, -0.05) is 12.1 Å². The van der Waals surface area contributed by atoms with Gasteiger partial charge in [-0.2, -0.15) is 0 Å². The van der Waals surface area contributed by atoms with E-state index in [1.807, 2.05) is 36.2 Å². The number of phosphoric ester groups is 1. The Balaban J connectivity index is 1.57. The van der Waals surface area contributed by atoms with E-state index in [0.717, 1.165) is 18.4 Å². The summed E-state index contributed by atoms with van der Waals surface area (Å²) < 4.78 is 40.5. The highest BCUT2D eigenvalue weighted by Crippen LogP contribution is 2.47. The molecular formula is C20H25ClN3O9P. The average Bonchev–Trinajstić information content (AvgIpc) is 3.38. The normalized spacial score (nSPS) is 27.9. The Morgan fingerprint density at radius 1 is 1.18 bits per heavy atom. The minimum absolute atomic E-state index is 0.352. The Hall–Kier alpha value is -2.02. The molecule has 0 aliphatic carbocycles. The Morgan fingerprint density at radius 2 is 1.88 bits per heavy atom. The minimum Gasteiger partial charge on any atom is -0.373 e. The maximum absolute atomic E-state index is 12.4. The van der Waals surface area contributed by atoms with Gasteiger partial charge in [-0.3, -0.25) is 23.4 Å². The van der Waals surface area contributed by atoms with E-state index in [-0.39, 0.29) is 6.61 Å². The van der Waals surface area contributed by atoms with Gasteiger partial charge in [0.05, 0.1) is 6.61 Å². The van der Waals surface area contributed by atoms with E-state index in [0.29, 0.717) is 12.4 Å². The molecule has 1 aromatic carbocycles. The number of rotatable bonds is 9. The topological polar surface area (TPSA) is 142 Å². The number of fused-ring (bicyclic) bond motifs is 1. The van der Waals surface area contributed by atoms with Gasteiger partial charge in [0.2, 0.25) is 0 Å². The van der Waals surface area contributed by atoms with Crippen LogP contribution in [0.1, 0.15) is 18.1 Å². The van der Waals surface area contributed by atoms with Gasteiger partial charge in [0.25, 0.3) is 5.56 Å². The molecule has 2 aliphatic rings. The first-order valence-corrected chi connectivity index (χ1v) is 12.4. The highest BCUT2D eigenvalue weighted by atomic mass is 35.5. The first-order valence-electron chi connectivity index (χ1n) is 10.4. The molecule has 2 aliphatic heterocycles. The molecule has 0 radical (unpaired) electrons. The third-order valence-corrected chi connectivity index (χ3v) is 6.74. The number of anilines is 1. The number of ether oxygens (including phenoxy) is 3. The van der Waals surface area contributed by atoms with E-state index < -0.39 is 49.9 Å². The molecule has 14 heteroatoms. The lowest BCUT2D eigenvalue weighted by atomic mass is 10.1. The molecule has 0 amide bonds. The fourth-order valence-corrected chi connectivity index (χ4v) is 4.53. The molecule has 6 atom stereocenters. The number of alkyl halides is 1. The summed E-state index contributed by atoms with van der Waals surface area (Å²) in [4.78, 5) is 37.6. The maximum atomic E-state index is 12.4. The van der Waals surface area contributed by atoms with Crippen LogP contribution in [0.4, 0.5) is 5.69 Å². The van der Waals surface area contributed by atoms with Crippen LogP contribution in [0.2, 0.25) is 0 Å². The Labute approximate surface area is 199 Å². The Bertz CT molecular complexity index is 1160. The van der Waals surface area contributed by atoms with Gasteiger partial charge in [0.15, 0.2) is 12.5 Å². The number of phosphoric acid groups is 1. The van der Waals surface area contributed by atoms with Crippen LogP contribution in [-0.4, -0.2) is 65.9 Å². The molecule has 12 nitrogen and oxygen atoms in total. The van der Waals surface area contributed by atoms with Gasteiger partial charge in [-0.25, -0.2) is 9.36 Å². The minimum atomic E-state index is -4.27. The molecule has 186 valence electrons. The van der Waals surface area contributed by atoms with E-state index in [9.17, 15) is 19.0 Å². The van der Waals surface area contributed by atoms with Gasteiger partial charge in [-0.15, -0.1) is 11.6 Å². The van der Waals surface area contributed by atoms with Crippen molar-refractivity contribution in [3.63, 3.8) is 0 Å². The van der Waals surface area contributed by atoms with Gasteiger partial charge >= 0.3 is 13.5 Å². The quantitative estimate of drug-likeness (QED) is 0.370. The molecule has 2 saturated heterocycles. The summed E-state index contributed by atoms with van der Waals surface area (Å²) in [7, 11) is -1.30. The van der Waals surface area contributed by atoms with Crippen molar-refractivity contribution in [3.05, 3.63) is 62.9 Å². The summed E-state index contributed by atoms with van der Waals surface area (Å²) in [5.41, 5.74) is 0.446. The lowest BCUT2D eigenvalue weighted by Crippen LogP contribution is -2.36. The lowest BCUT2D eigenvalue weighted by Gasteiger charge is -2.22. The molecule has 2 fully saturated rings. The maximum Gasteiger partial charge on any atom is 0.472 e. The number of H-pyrrole nitrogens is 1. The molecular weight excluding hydrogens is 493 g/mol. The van der Waals surface area contributed by atoms with Crippen LogP contribution in [0.5, 0.6) is 0 Å². The number of hydrogen-bond donors (Lipinski definition) is 2. The summed E-state index contributed by atoms with van der Waals surface area (Å²) in [5.74, 6) is 0.495. The fourth-order valence-electron chi connectivity index (χ4n) is 3.84. The van der Waals surface area contributed by atoms with Crippen molar-refractivity contribution in [1.82, 2.24) is 9.55 Å². The SMILES string of the molecule is COP(=O)(O)OC[C@H]1O[C@@H](n2ccc(=O)[nH]c2=O)[C@@H]2OC(c3ccc(N(C)CCCl)cc3)O[C@@H]21. The second-order valence-corrected chi connectivity index (χ2v) is 9.70. The summed E-state index contributed by atoms with van der Waals surface area (Å²) in [6.45, 7) is 0.335. The number of aromatic nitrogens is 2. The van der Waals surface area contributed by atoms with E-state index in [4.69, 9.17) is 30.3 Å². The van der Waals surface area contributed by atoms with Crippen molar-refractivity contribution in [2.75, 3.05) is 38.1 Å². The standard InChI is InChI=1S/C20H25ClN3O9P/c1-23(10-8-21)13-5-3-12(4-6-13)19-32-16-14(11-30-34(27,28)29-2)31-18(17(16)33-19)24-9-7-15(25)22-20(24)26/h3-7,9,14,16-19H,8,10-11H2,1-2H3,(H,27,28)(H,22,25,26)/t14-,16-,17-,18-,19?/m1/s1. The first-order chi connectivity index (χ1) is 16.2. The zero-order valence-corrected chi connectivity index (χ0v) is 20.1. The van der Waals surface area contributed by atoms with Crippen molar-refractivity contribution < 1.29 is 32.7 Å². The number of hydrogen-bond acceptors (Lipinski definition) is 9. The Morgan fingerprint density at radius 3 is 2.53 bits per heavy atom. The molecule has 4 rings (SSSR count). The zero-order valence-electron chi connectivity index (χ0n) is 18.4. The Kier molecular flexibility index (Phi) is 7.60. The van der Waals surface area contributed by atoms with Gasteiger partial charge in [-0.05, 0) is 12.1 Å². The van der Waals surface area contributed by atoms with Crippen LogP contribution in [0.3, 0.4) is 0 Å². The molecule has 0 spiro atoms. The van der Waals surface area contributed by atoms with Gasteiger partial charge in [0.1, 0.15) is 18.3 Å². The highest BCUT2D eigenvalue weighted by molar-refractivity contribution is 7.47. The van der Waals surface area contributed by atoms with Crippen LogP contribution in [0.15, 0.2) is 46.1 Å². The van der Waals surface area contributed by atoms with E-state index in [1.165, 1.54) is 16.8 Å². The van der Waals surface area contributed by atoms with Crippen molar-refractivity contribution in [1.29, 1.82) is 0 Å². The van der Waals surface area contributed by atoms with Gasteiger partial charge in [0, 0.05) is 50.1 Å². The number of aromatic amines is 1. The lowest BCUT2D eigenvalue weighted by molar-refractivity contribution is -0.154. The van der Waals surface area contributed by atoms with E-state index >= 15 is 0 Å². The molecule has 0 saturated carbocycles. The summed E-state index contributed by atoms with van der Waals surface area (Å²) in [6, 6.07) is 8.70. The van der Waals surface area contributed by atoms with Crippen molar-refractivity contribution in [2.24, 2.45) is 0 Å². The molecule has 34 heavy (non-hydrogen) atoms. The van der Waals surface area contributed by atoms with E-state index in [1.54, 1.807) is 0 Å². The van der Waals surface area contributed by atoms with Crippen LogP contribution in [0.25, 0.3) is 0 Å². The predicted octanol–water partition coefficient (Wildman–Crippen LogP) is 1.36. The van der Waals surface area contributed by atoms with Gasteiger partial charge < -0.3 is 24.0 Å². The highest BCUT2D eigenvalue weighted by Gasteiger charge is 2.54. The van der Waals surface area contributed by atoms with Crippen LogP contribution in [-0.2, 0) is 27.8 Å². The second-order valence-electron chi connectivity index (χ2n) is 7.76. The number of nitrogens with one attached hydrogen (secondary N) is 1. The second kappa shape index (κ2) is 10.3. The fraction of sp³-hybridized carbons (Fsp3) is 0.500.